The van der Waals surface area contributed by atoms with Gasteiger partial charge in [-0.2, -0.15) is 0 Å². The molecule has 0 fully saturated rings. The highest BCUT2D eigenvalue weighted by Crippen LogP contribution is 2.29. The van der Waals surface area contributed by atoms with E-state index in [2.05, 4.69) is 15.0 Å². The quantitative estimate of drug-likeness (QED) is 0.524. The van der Waals surface area contributed by atoms with Gasteiger partial charge in [0.05, 0.1) is 10.0 Å². The smallest absolute Gasteiger partial charge is 0.271 e. The Bertz CT molecular complexity index is 1120. The van der Waals surface area contributed by atoms with Crippen LogP contribution in [0.2, 0.25) is 4.34 Å². The van der Waals surface area contributed by atoms with Crippen LogP contribution in [0.4, 0.5) is 5.69 Å². The first-order chi connectivity index (χ1) is 13.9. The Labute approximate surface area is 177 Å². The first-order valence-electron chi connectivity index (χ1n) is 8.68. The lowest BCUT2D eigenvalue weighted by atomic mass is 10.2. The average molecular weight is 452 g/mol. The summed E-state index contributed by atoms with van der Waals surface area (Å²) in [5, 5.41) is 2.78. The second kappa shape index (κ2) is 9.25. The molecule has 0 aliphatic heterocycles. The second-order valence-electron chi connectivity index (χ2n) is 5.91. The monoisotopic (exact) mass is 451 g/mol. The van der Waals surface area contributed by atoms with Gasteiger partial charge in [0.2, 0.25) is 5.88 Å². The van der Waals surface area contributed by atoms with Crippen LogP contribution in [-0.2, 0) is 10.0 Å². The normalized spacial score (nSPS) is 11.1. The summed E-state index contributed by atoms with van der Waals surface area (Å²) in [5.41, 5.74) is 0.597. The summed E-state index contributed by atoms with van der Waals surface area (Å²) in [5.74, 6) is 0.171. The fourth-order valence-electron chi connectivity index (χ4n) is 2.36. The number of aromatic nitrogens is 1. The summed E-state index contributed by atoms with van der Waals surface area (Å²) in [6, 6.07) is 12.6. The van der Waals surface area contributed by atoms with E-state index in [0.29, 0.717) is 27.9 Å². The number of thiophene rings is 1. The number of ether oxygens (including phenoxy) is 1. The van der Waals surface area contributed by atoms with E-state index in [1.807, 2.05) is 6.92 Å². The summed E-state index contributed by atoms with van der Waals surface area (Å²) in [6.07, 6.45) is 2.32. The van der Waals surface area contributed by atoms with Crippen LogP contribution >= 0.6 is 22.9 Å². The van der Waals surface area contributed by atoms with Gasteiger partial charge in [-0.15, -0.1) is 11.3 Å². The minimum absolute atomic E-state index is 0.105. The molecule has 2 N–H and O–H groups in total. The Balaban J connectivity index is 1.80. The minimum atomic E-state index is -3.77. The van der Waals surface area contributed by atoms with Crippen LogP contribution in [0, 0.1) is 0 Å². The molecule has 0 atom stereocenters. The van der Waals surface area contributed by atoms with Gasteiger partial charge in [-0.1, -0.05) is 24.6 Å². The Hall–Kier alpha value is -2.62. The summed E-state index contributed by atoms with van der Waals surface area (Å²) >= 11 is 6.79. The molecular formula is C19H18ClN3O4S2. The van der Waals surface area contributed by atoms with E-state index < -0.39 is 10.0 Å². The molecule has 0 spiro atoms. The zero-order chi connectivity index (χ0) is 20.9. The van der Waals surface area contributed by atoms with Crippen molar-refractivity contribution in [3.63, 3.8) is 0 Å². The minimum Gasteiger partial charge on any atom is -0.438 e. The number of rotatable bonds is 8. The number of amides is 1. The van der Waals surface area contributed by atoms with Crippen molar-refractivity contribution < 1.29 is 17.9 Å². The maximum absolute atomic E-state index is 12.5. The van der Waals surface area contributed by atoms with E-state index in [9.17, 15) is 13.2 Å². The summed E-state index contributed by atoms with van der Waals surface area (Å²) in [7, 11) is -3.77. The third-order valence-electron chi connectivity index (χ3n) is 3.67. The third-order valence-corrected chi connectivity index (χ3v) is 6.77. The lowest BCUT2D eigenvalue weighted by Crippen LogP contribution is -2.24. The highest BCUT2D eigenvalue weighted by Gasteiger charge is 2.18. The molecule has 152 valence electrons. The standard InChI is InChI=1S/C19H18ClN3O4S2/c1-2-10-21-18(24)15-7-4-11-22-19(15)27-14-6-3-5-13(12-14)23-29(25,26)17-9-8-16(20)28-17/h3-9,11-12,23H,2,10H2,1H3,(H,21,24). The summed E-state index contributed by atoms with van der Waals surface area (Å²) in [6.45, 7) is 2.49. The molecule has 1 aromatic carbocycles. The number of halogens is 1. The van der Waals surface area contributed by atoms with Gasteiger partial charge >= 0.3 is 0 Å². The fraction of sp³-hybridized carbons (Fsp3) is 0.158. The molecule has 3 rings (SSSR count). The SMILES string of the molecule is CCCNC(=O)c1cccnc1Oc1cccc(NS(=O)(=O)c2ccc(Cl)s2)c1. The molecule has 0 aliphatic rings. The van der Waals surface area contributed by atoms with E-state index in [4.69, 9.17) is 16.3 Å². The molecule has 0 saturated heterocycles. The van der Waals surface area contributed by atoms with Crippen molar-refractivity contribution in [1.29, 1.82) is 0 Å². The number of hydrogen-bond donors (Lipinski definition) is 2. The number of sulfonamides is 1. The maximum atomic E-state index is 12.5. The molecule has 0 saturated carbocycles. The van der Waals surface area contributed by atoms with Crippen molar-refractivity contribution in [2.24, 2.45) is 0 Å². The fourth-order valence-corrected chi connectivity index (χ4v) is 4.89. The molecule has 3 aromatic rings. The van der Waals surface area contributed by atoms with Gasteiger partial charge in [-0.05, 0) is 42.8 Å². The van der Waals surface area contributed by atoms with Gasteiger partial charge in [0, 0.05) is 18.8 Å². The first kappa shape index (κ1) is 21.1. The molecule has 2 heterocycles. The lowest BCUT2D eigenvalue weighted by Gasteiger charge is -2.11. The van der Waals surface area contributed by atoms with Crippen molar-refractivity contribution in [2.45, 2.75) is 17.6 Å². The Morgan fingerprint density at radius 1 is 1.21 bits per heavy atom. The molecule has 0 unspecified atom stereocenters. The van der Waals surface area contributed by atoms with Gasteiger partial charge in [0.25, 0.3) is 15.9 Å². The molecule has 10 heteroatoms. The van der Waals surface area contributed by atoms with Crippen molar-refractivity contribution in [1.82, 2.24) is 10.3 Å². The molecule has 2 aromatic heterocycles. The molecule has 29 heavy (non-hydrogen) atoms. The molecule has 0 aliphatic carbocycles. The van der Waals surface area contributed by atoms with Crippen LogP contribution in [0.15, 0.2) is 58.9 Å². The van der Waals surface area contributed by atoms with Gasteiger partial charge in [-0.25, -0.2) is 13.4 Å². The second-order valence-corrected chi connectivity index (χ2v) is 9.53. The predicted octanol–water partition coefficient (Wildman–Crippen LogP) is 4.53. The zero-order valence-electron chi connectivity index (χ0n) is 15.4. The van der Waals surface area contributed by atoms with E-state index in [1.54, 1.807) is 30.3 Å². The van der Waals surface area contributed by atoms with Crippen molar-refractivity contribution in [3.05, 3.63) is 64.6 Å². The van der Waals surface area contributed by atoms with Gasteiger partial charge < -0.3 is 10.1 Å². The van der Waals surface area contributed by atoms with Crippen LogP contribution in [-0.4, -0.2) is 25.9 Å². The van der Waals surface area contributed by atoms with Crippen molar-refractivity contribution in [3.8, 4) is 11.6 Å². The molecule has 0 radical (unpaired) electrons. The van der Waals surface area contributed by atoms with E-state index in [0.717, 1.165) is 17.8 Å². The van der Waals surface area contributed by atoms with E-state index >= 15 is 0 Å². The number of carbonyl (C=O) groups excluding carboxylic acids is 1. The maximum Gasteiger partial charge on any atom is 0.271 e. The molecular weight excluding hydrogens is 434 g/mol. The number of carbonyl (C=O) groups is 1. The number of anilines is 1. The largest absolute Gasteiger partial charge is 0.438 e. The highest BCUT2D eigenvalue weighted by molar-refractivity contribution is 7.94. The van der Waals surface area contributed by atoms with Gasteiger partial charge in [0.15, 0.2) is 0 Å². The van der Waals surface area contributed by atoms with Crippen LogP contribution < -0.4 is 14.8 Å². The van der Waals surface area contributed by atoms with Crippen molar-refractivity contribution in [2.75, 3.05) is 11.3 Å². The predicted molar refractivity (Wildman–Crippen MR) is 114 cm³/mol. The molecule has 1 amide bonds. The van der Waals surface area contributed by atoms with Crippen LogP contribution in [0.3, 0.4) is 0 Å². The summed E-state index contributed by atoms with van der Waals surface area (Å²) in [4.78, 5) is 16.4. The Morgan fingerprint density at radius 3 is 2.76 bits per heavy atom. The van der Waals surface area contributed by atoms with Crippen LogP contribution in [0.5, 0.6) is 11.6 Å². The van der Waals surface area contributed by atoms with E-state index in [1.165, 1.54) is 24.4 Å². The zero-order valence-corrected chi connectivity index (χ0v) is 17.8. The van der Waals surface area contributed by atoms with E-state index in [-0.39, 0.29) is 16.0 Å². The highest BCUT2D eigenvalue weighted by atomic mass is 35.5. The molecule has 7 nitrogen and oxygen atoms in total. The number of pyridine rings is 1. The van der Waals surface area contributed by atoms with Gasteiger partial charge in [-0.3, -0.25) is 9.52 Å². The summed E-state index contributed by atoms with van der Waals surface area (Å²) < 4.78 is 33.6. The Kier molecular flexibility index (Phi) is 6.73. The topological polar surface area (TPSA) is 97.4 Å². The third kappa shape index (κ3) is 5.47. The number of nitrogens with zero attached hydrogens (tertiary/aromatic N) is 1. The van der Waals surface area contributed by atoms with Gasteiger partial charge in [0.1, 0.15) is 15.5 Å². The Morgan fingerprint density at radius 2 is 2.03 bits per heavy atom. The lowest BCUT2D eigenvalue weighted by molar-refractivity contribution is 0.0950. The average Bonchev–Trinajstić information content (AvgIpc) is 3.14. The van der Waals surface area contributed by atoms with Crippen LogP contribution in [0.1, 0.15) is 23.7 Å². The number of benzene rings is 1. The van der Waals surface area contributed by atoms with Crippen molar-refractivity contribution >= 4 is 44.6 Å². The first-order valence-corrected chi connectivity index (χ1v) is 11.4. The number of hydrogen-bond acceptors (Lipinski definition) is 6. The van der Waals surface area contributed by atoms with Crippen LogP contribution in [0.25, 0.3) is 0 Å². The number of nitrogens with one attached hydrogen (secondary N) is 2. The molecule has 0 bridgehead atoms.